The maximum absolute atomic E-state index is 11.4. The number of carbonyl (C=O) groups is 1. The first kappa shape index (κ1) is 14.4. The number of nitrogens with one attached hydrogen (secondary N) is 2. The average Bonchev–Trinajstić information content (AvgIpc) is 2.15. The van der Waals surface area contributed by atoms with E-state index in [0.29, 0.717) is 13.1 Å². The third-order valence-corrected chi connectivity index (χ3v) is 2.64. The summed E-state index contributed by atoms with van der Waals surface area (Å²) >= 11 is 0. The van der Waals surface area contributed by atoms with Gasteiger partial charge >= 0.3 is 0 Å². The first-order chi connectivity index (χ1) is 6.90. The Bertz CT molecular complexity index is 190. The predicted octanol–water partition coefficient (Wildman–Crippen LogP) is 0.442. The van der Waals surface area contributed by atoms with Gasteiger partial charge in [0.05, 0.1) is 6.54 Å². The Morgan fingerprint density at radius 3 is 2.40 bits per heavy atom. The Labute approximate surface area is 93.4 Å². The summed E-state index contributed by atoms with van der Waals surface area (Å²) in [6.07, 6.45) is 1.05. The van der Waals surface area contributed by atoms with Crippen molar-refractivity contribution in [3.63, 3.8) is 0 Å². The van der Waals surface area contributed by atoms with Crippen LogP contribution in [0.5, 0.6) is 0 Å². The van der Waals surface area contributed by atoms with Crippen molar-refractivity contribution in [2.24, 2.45) is 0 Å². The van der Waals surface area contributed by atoms with Crippen molar-refractivity contribution in [3.05, 3.63) is 0 Å². The van der Waals surface area contributed by atoms with Crippen molar-refractivity contribution >= 4 is 5.91 Å². The molecule has 0 aromatic carbocycles. The van der Waals surface area contributed by atoms with Gasteiger partial charge in [-0.15, -0.1) is 0 Å². The van der Waals surface area contributed by atoms with Crippen molar-refractivity contribution in [1.29, 1.82) is 0 Å². The normalized spacial score (nSPS) is 11.9. The number of hydrogen-bond donors (Lipinski definition) is 2. The second kappa shape index (κ2) is 6.80. The van der Waals surface area contributed by atoms with E-state index in [0.717, 1.165) is 13.0 Å². The van der Waals surface area contributed by atoms with E-state index < -0.39 is 0 Å². The fraction of sp³-hybridized carbons (Fsp3) is 0.909. The van der Waals surface area contributed by atoms with Crippen LogP contribution >= 0.6 is 0 Å². The number of amides is 1. The molecule has 0 fully saturated rings. The number of hydrogen-bond acceptors (Lipinski definition) is 3. The number of nitrogens with zero attached hydrogens (tertiary/aromatic N) is 1. The molecular weight excluding hydrogens is 190 g/mol. The summed E-state index contributed by atoms with van der Waals surface area (Å²) in [5.41, 5.74) is 0.000413. The Balaban J connectivity index is 3.71. The summed E-state index contributed by atoms with van der Waals surface area (Å²) in [6.45, 7) is 8.27. The third-order valence-electron chi connectivity index (χ3n) is 2.64. The summed E-state index contributed by atoms with van der Waals surface area (Å²) in [4.78, 5) is 13.5. The molecule has 1 amide bonds. The van der Waals surface area contributed by atoms with Gasteiger partial charge in [0.25, 0.3) is 0 Å². The van der Waals surface area contributed by atoms with E-state index in [2.05, 4.69) is 36.3 Å². The minimum absolute atomic E-state index is 0.000413. The quantitative estimate of drug-likeness (QED) is 0.606. The molecule has 0 saturated heterocycles. The lowest BCUT2D eigenvalue weighted by atomic mass is 10.0. The van der Waals surface area contributed by atoms with Gasteiger partial charge in [0.1, 0.15) is 0 Å². The Hall–Kier alpha value is -0.610. The van der Waals surface area contributed by atoms with E-state index in [1.165, 1.54) is 0 Å². The summed E-state index contributed by atoms with van der Waals surface area (Å²) in [5.74, 6) is 0.0679. The molecular formula is C11H25N3O. The highest BCUT2D eigenvalue weighted by Gasteiger charge is 2.20. The van der Waals surface area contributed by atoms with Crippen LogP contribution < -0.4 is 10.6 Å². The molecule has 0 aliphatic rings. The van der Waals surface area contributed by atoms with Crippen molar-refractivity contribution in [2.75, 3.05) is 33.7 Å². The molecule has 0 radical (unpaired) electrons. The zero-order valence-corrected chi connectivity index (χ0v) is 10.7. The maximum Gasteiger partial charge on any atom is 0.234 e. The van der Waals surface area contributed by atoms with Crippen LogP contribution in [0.1, 0.15) is 27.2 Å². The van der Waals surface area contributed by atoms with Crippen molar-refractivity contribution in [1.82, 2.24) is 15.5 Å². The van der Waals surface area contributed by atoms with E-state index in [9.17, 15) is 4.79 Å². The van der Waals surface area contributed by atoms with Crippen molar-refractivity contribution in [2.45, 2.75) is 32.7 Å². The summed E-state index contributed by atoms with van der Waals surface area (Å²) in [7, 11) is 4.03. The maximum atomic E-state index is 11.4. The highest BCUT2D eigenvalue weighted by Crippen LogP contribution is 2.07. The van der Waals surface area contributed by atoms with Gasteiger partial charge in [-0.3, -0.25) is 4.79 Å². The molecule has 4 heteroatoms. The van der Waals surface area contributed by atoms with Gasteiger partial charge in [-0.1, -0.05) is 6.92 Å². The molecule has 0 unspecified atom stereocenters. The largest absolute Gasteiger partial charge is 0.353 e. The van der Waals surface area contributed by atoms with Gasteiger partial charge in [-0.05, 0) is 40.9 Å². The number of rotatable bonds is 7. The van der Waals surface area contributed by atoms with Gasteiger partial charge in [0, 0.05) is 12.1 Å². The van der Waals surface area contributed by atoms with Crippen LogP contribution in [-0.2, 0) is 4.79 Å². The van der Waals surface area contributed by atoms with Crippen LogP contribution in [0.15, 0.2) is 0 Å². The van der Waals surface area contributed by atoms with Gasteiger partial charge in [-0.2, -0.15) is 0 Å². The molecule has 0 aromatic heterocycles. The van der Waals surface area contributed by atoms with Crippen molar-refractivity contribution < 1.29 is 4.79 Å². The predicted molar refractivity (Wildman–Crippen MR) is 63.9 cm³/mol. The summed E-state index contributed by atoms with van der Waals surface area (Å²) in [6, 6.07) is 0. The lowest BCUT2D eigenvalue weighted by molar-refractivity contribution is -0.120. The summed E-state index contributed by atoms with van der Waals surface area (Å²) in [5, 5.41) is 5.99. The van der Waals surface area contributed by atoms with E-state index in [1.54, 1.807) is 0 Å². The first-order valence-electron chi connectivity index (χ1n) is 5.55. The smallest absolute Gasteiger partial charge is 0.234 e. The SMILES string of the molecule is CCCNCC(=O)NCC(C)(C)N(C)C. The van der Waals surface area contributed by atoms with Gasteiger partial charge in [0.15, 0.2) is 0 Å². The lowest BCUT2D eigenvalue weighted by Gasteiger charge is -2.32. The zero-order valence-electron chi connectivity index (χ0n) is 10.7. The van der Waals surface area contributed by atoms with Crippen LogP contribution in [0.2, 0.25) is 0 Å². The molecule has 15 heavy (non-hydrogen) atoms. The third kappa shape index (κ3) is 6.47. The highest BCUT2D eigenvalue weighted by atomic mass is 16.1. The molecule has 0 heterocycles. The number of carbonyl (C=O) groups excluding carboxylic acids is 1. The van der Waals surface area contributed by atoms with Crippen molar-refractivity contribution in [3.8, 4) is 0 Å². The molecule has 0 bridgehead atoms. The minimum atomic E-state index is 0.000413. The molecule has 0 aliphatic carbocycles. The van der Waals surface area contributed by atoms with Crippen LogP contribution in [0.25, 0.3) is 0 Å². The van der Waals surface area contributed by atoms with E-state index >= 15 is 0 Å². The molecule has 2 N–H and O–H groups in total. The van der Waals surface area contributed by atoms with Gasteiger partial charge < -0.3 is 15.5 Å². The fourth-order valence-electron chi connectivity index (χ4n) is 0.914. The van der Waals surface area contributed by atoms with Gasteiger partial charge in [-0.25, -0.2) is 0 Å². The van der Waals surface area contributed by atoms with Crippen LogP contribution in [0.3, 0.4) is 0 Å². The van der Waals surface area contributed by atoms with E-state index in [-0.39, 0.29) is 11.4 Å². The van der Waals surface area contributed by atoms with Crippen LogP contribution in [0.4, 0.5) is 0 Å². The topological polar surface area (TPSA) is 44.4 Å². The van der Waals surface area contributed by atoms with E-state index in [1.807, 2.05) is 14.1 Å². The first-order valence-corrected chi connectivity index (χ1v) is 5.55. The standard InChI is InChI=1S/C11H25N3O/c1-6-7-12-8-10(15)13-9-11(2,3)14(4)5/h12H,6-9H2,1-5H3,(H,13,15). The van der Waals surface area contributed by atoms with Crippen LogP contribution in [0, 0.1) is 0 Å². The molecule has 4 nitrogen and oxygen atoms in total. The molecule has 0 rings (SSSR count). The Morgan fingerprint density at radius 2 is 1.93 bits per heavy atom. The monoisotopic (exact) mass is 215 g/mol. The highest BCUT2D eigenvalue weighted by molar-refractivity contribution is 5.78. The summed E-state index contributed by atoms with van der Waals surface area (Å²) < 4.78 is 0. The molecule has 0 aliphatic heterocycles. The number of likely N-dealkylation sites (N-methyl/N-ethyl adjacent to an activating group) is 1. The van der Waals surface area contributed by atoms with E-state index in [4.69, 9.17) is 0 Å². The lowest BCUT2D eigenvalue weighted by Crippen LogP contribution is -2.49. The van der Waals surface area contributed by atoms with Gasteiger partial charge in [0.2, 0.25) is 5.91 Å². The van der Waals surface area contributed by atoms with Crippen LogP contribution in [-0.4, -0.2) is 50.1 Å². The average molecular weight is 215 g/mol. The molecule has 90 valence electrons. The minimum Gasteiger partial charge on any atom is -0.353 e. The Kier molecular flexibility index (Phi) is 6.52. The molecule has 0 spiro atoms. The Morgan fingerprint density at radius 1 is 1.33 bits per heavy atom. The molecule has 0 aromatic rings. The second-order valence-corrected chi connectivity index (χ2v) is 4.66. The molecule has 0 atom stereocenters. The second-order valence-electron chi connectivity index (χ2n) is 4.66. The zero-order chi connectivity index (χ0) is 11.9. The molecule has 0 saturated carbocycles. The fourth-order valence-corrected chi connectivity index (χ4v) is 0.914.